The van der Waals surface area contributed by atoms with E-state index >= 15 is 0 Å². The largest absolute Gasteiger partial charge is 0.379 e. The Morgan fingerprint density at radius 1 is 1.33 bits per heavy atom. The second-order valence-electron chi connectivity index (χ2n) is 5.78. The zero-order chi connectivity index (χ0) is 17.5. The standard InChI is InChI=1S/C18H24FN3O2/c1-4-17-16(18(23)20-10-5-11-24-13(2)3)12-21-22(17)15-8-6-14(19)7-9-15/h6-9,12-13H,4-5,10-11H2,1-3H3,(H,20,23). The maximum Gasteiger partial charge on any atom is 0.254 e. The van der Waals surface area contributed by atoms with Gasteiger partial charge in [0.1, 0.15) is 5.82 Å². The summed E-state index contributed by atoms with van der Waals surface area (Å²) in [4.78, 5) is 12.4. The number of rotatable bonds is 8. The predicted molar refractivity (Wildman–Crippen MR) is 90.9 cm³/mol. The third-order valence-corrected chi connectivity index (χ3v) is 3.58. The monoisotopic (exact) mass is 333 g/mol. The summed E-state index contributed by atoms with van der Waals surface area (Å²) >= 11 is 0. The molecular weight excluding hydrogens is 309 g/mol. The molecule has 1 aromatic carbocycles. The van der Waals surface area contributed by atoms with E-state index in [0.717, 1.165) is 17.8 Å². The molecule has 0 bridgehead atoms. The molecule has 1 N–H and O–H groups in total. The summed E-state index contributed by atoms with van der Waals surface area (Å²) in [6.07, 6.45) is 3.16. The lowest BCUT2D eigenvalue weighted by atomic mass is 10.2. The van der Waals surface area contributed by atoms with Gasteiger partial charge in [-0.2, -0.15) is 5.10 Å². The van der Waals surface area contributed by atoms with Crippen molar-refractivity contribution < 1.29 is 13.9 Å². The van der Waals surface area contributed by atoms with Gasteiger partial charge in [0.15, 0.2) is 0 Å². The number of halogens is 1. The molecule has 130 valence electrons. The molecule has 0 spiro atoms. The Morgan fingerprint density at radius 3 is 2.67 bits per heavy atom. The smallest absolute Gasteiger partial charge is 0.254 e. The lowest BCUT2D eigenvalue weighted by Gasteiger charge is -2.09. The highest BCUT2D eigenvalue weighted by atomic mass is 19.1. The van der Waals surface area contributed by atoms with Crippen molar-refractivity contribution in [3.63, 3.8) is 0 Å². The van der Waals surface area contributed by atoms with Crippen molar-refractivity contribution in [3.05, 3.63) is 47.5 Å². The number of nitrogens with one attached hydrogen (secondary N) is 1. The zero-order valence-corrected chi connectivity index (χ0v) is 14.4. The lowest BCUT2D eigenvalue weighted by Crippen LogP contribution is -2.26. The molecule has 0 saturated carbocycles. The molecule has 6 heteroatoms. The first-order valence-corrected chi connectivity index (χ1v) is 8.25. The van der Waals surface area contributed by atoms with Gasteiger partial charge in [-0.3, -0.25) is 4.79 Å². The molecule has 0 aliphatic heterocycles. The Labute approximate surface area is 141 Å². The first kappa shape index (κ1) is 18.1. The van der Waals surface area contributed by atoms with Crippen LogP contribution in [0.15, 0.2) is 30.5 Å². The minimum absolute atomic E-state index is 0.148. The maximum atomic E-state index is 13.1. The van der Waals surface area contributed by atoms with Crippen LogP contribution in [0.2, 0.25) is 0 Å². The summed E-state index contributed by atoms with van der Waals surface area (Å²) < 4.78 is 20.2. The number of carbonyl (C=O) groups excluding carboxylic acids is 1. The van der Waals surface area contributed by atoms with Crippen LogP contribution in [0.5, 0.6) is 0 Å². The molecule has 24 heavy (non-hydrogen) atoms. The molecule has 0 aliphatic rings. The molecule has 0 atom stereocenters. The zero-order valence-electron chi connectivity index (χ0n) is 14.4. The predicted octanol–water partition coefficient (Wildman–Crippen LogP) is 3.12. The molecule has 5 nitrogen and oxygen atoms in total. The summed E-state index contributed by atoms with van der Waals surface area (Å²) in [7, 11) is 0. The van der Waals surface area contributed by atoms with Crippen LogP contribution in [0.4, 0.5) is 4.39 Å². The van der Waals surface area contributed by atoms with Gasteiger partial charge in [-0.15, -0.1) is 0 Å². The molecule has 0 saturated heterocycles. The van der Waals surface area contributed by atoms with Gasteiger partial charge in [-0.05, 0) is 51.0 Å². The van der Waals surface area contributed by atoms with Gasteiger partial charge in [0.2, 0.25) is 0 Å². The van der Waals surface area contributed by atoms with Crippen LogP contribution in [-0.4, -0.2) is 34.9 Å². The Kier molecular flexibility index (Phi) is 6.49. The molecular formula is C18H24FN3O2. The summed E-state index contributed by atoms with van der Waals surface area (Å²) in [5, 5.41) is 7.17. The SMILES string of the molecule is CCc1c(C(=O)NCCCOC(C)C)cnn1-c1ccc(F)cc1. The van der Waals surface area contributed by atoms with Crippen LogP contribution in [0, 0.1) is 5.82 Å². The first-order valence-electron chi connectivity index (χ1n) is 8.25. The number of ether oxygens (including phenoxy) is 1. The molecule has 0 unspecified atom stereocenters. The third-order valence-electron chi connectivity index (χ3n) is 3.58. The van der Waals surface area contributed by atoms with Crippen LogP contribution < -0.4 is 5.32 Å². The Bertz CT molecular complexity index is 665. The summed E-state index contributed by atoms with van der Waals surface area (Å²) in [5.74, 6) is -0.449. The highest BCUT2D eigenvalue weighted by Gasteiger charge is 2.16. The average molecular weight is 333 g/mol. The summed E-state index contributed by atoms with van der Waals surface area (Å²) in [5.41, 5.74) is 2.08. The third kappa shape index (κ3) is 4.64. The van der Waals surface area contributed by atoms with E-state index in [9.17, 15) is 9.18 Å². The number of nitrogens with zero attached hydrogens (tertiary/aromatic N) is 2. The van der Waals surface area contributed by atoms with Crippen molar-refractivity contribution in [2.75, 3.05) is 13.2 Å². The van der Waals surface area contributed by atoms with E-state index in [1.54, 1.807) is 23.0 Å². The van der Waals surface area contributed by atoms with Gasteiger partial charge < -0.3 is 10.1 Å². The molecule has 1 amide bonds. The van der Waals surface area contributed by atoms with E-state index in [0.29, 0.717) is 25.1 Å². The van der Waals surface area contributed by atoms with Gasteiger partial charge in [0.25, 0.3) is 5.91 Å². The van der Waals surface area contributed by atoms with E-state index in [2.05, 4.69) is 10.4 Å². The number of hydrogen-bond acceptors (Lipinski definition) is 3. The summed E-state index contributed by atoms with van der Waals surface area (Å²) in [6.45, 7) is 7.10. The van der Waals surface area contributed by atoms with Gasteiger partial charge in [-0.1, -0.05) is 6.92 Å². The minimum Gasteiger partial charge on any atom is -0.379 e. The van der Waals surface area contributed by atoms with Crippen molar-refractivity contribution in [3.8, 4) is 5.69 Å². The number of carbonyl (C=O) groups is 1. The fourth-order valence-electron chi connectivity index (χ4n) is 2.40. The minimum atomic E-state index is -0.300. The highest BCUT2D eigenvalue weighted by Crippen LogP contribution is 2.16. The second kappa shape index (κ2) is 8.59. The van der Waals surface area contributed by atoms with Gasteiger partial charge in [-0.25, -0.2) is 9.07 Å². The maximum absolute atomic E-state index is 13.1. The summed E-state index contributed by atoms with van der Waals surface area (Å²) in [6, 6.07) is 6.05. The van der Waals surface area contributed by atoms with Crippen molar-refractivity contribution >= 4 is 5.91 Å². The topological polar surface area (TPSA) is 56.1 Å². The van der Waals surface area contributed by atoms with Gasteiger partial charge in [0.05, 0.1) is 29.2 Å². The van der Waals surface area contributed by atoms with E-state index in [-0.39, 0.29) is 17.8 Å². The van der Waals surface area contributed by atoms with E-state index < -0.39 is 0 Å². The second-order valence-corrected chi connectivity index (χ2v) is 5.78. The number of amides is 1. The van der Waals surface area contributed by atoms with Crippen LogP contribution in [0.1, 0.15) is 43.2 Å². The van der Waals surface area contributed by atoms with Crippen molar-refractivity contribution in [1.29, 1.82) is 0 Å². The van der Waals surface area contributed by atoms with Crippen molar-refractivity contribution in [1.82, 2.24) is 15.1 Å². The normalized spacial score (nSPS) is 11.0. The molecule has 0 fully saturated rings. The number of benzene rings is 1. The molecule has 0 aliphatic carbocycles. The van der Waals surface area contributed by atoms with Crippen molar-refractivity contribution in [2.24, 2.45) is 0 Å². The van der Waals surface area contributed by atoms with E-state index in [1.165, 1.54) is 12.1 Å². The quantitative estimate of drug-likeness (QED) is 0.755. The van der Waals surface area contributed by atoms with Crippen LogP contribution in [0.3, 0.4) is 0 Å². The average Bonchev–Trinajstić information content (AvgIpc) is 2.98. The molecule has 1 aromatic heterocycles. The van der Waals surface area contributed by atoms with Gasteiger partial charge in [0, 0.05) is 13.2 Å². The molecule has 0 radical (unpaired) electrons. The molecule has 1 heterocycles. The Balaban J connectivity index is 2.03. The van der Waals surface area contributed by atoms with Crippen LogP contribution in [-0.2, 0) is 11.2 Å². The first-order chi connectivity index (χ1) is 11.5. The van der Waals surface area contributed by atoms with Crippen molar-refractivity contribution in [2.45, 2.75) is 39.7 Å². The number of aromatic nitrogens is 2. The highest BCUT2D eigenvalue weighted by molar-refractivity contribution is 5.95. The van der Waals surface area contributed by atoms with E-state index in [1.807, 2.05) is 20.8 Å². The number of hydrogen-bond donors (Lipinski definition) is 1. The molecule has 2 aromatic rings. The molecule has 2 rings (SSSR count). The Hall–Kier alpha value is -2.21. The lowest BCUT2D eigenvalue weighted by molar-refractivity contribution is 0.0757. The Morgan fingerprint density at radius 2 is 2.04 bits per heavy atom. The fourth-order valence-corrected chi connectivity index (χ4v) is 2.40. The van der Waals surface area contributed by atoms with Crippen LogP contribution >= 0.6 is 0 Å². The fraction of sp³-hybridized carbons (Fsp3) is 0.444. The van der Waals surface area contributed by atoms with Gasteiger partial charge >= 0.3 is 0 Å². The van der Waals surface area contributed by atoms with Crippen LogP contribution in [0.25, 0.3) is 5.69 Å². The van der Waals surface area contributed by atoms with E-state index in [4.69, 9.17) is 4.74 Å².